The molecule has 4 heteroatoms. The zero-order valence-electron chi connectivity index (χ0n) is 13.1. The molecule has 0 spiro atoms. The maximum absolute atomic E-state index is 12.5. The number of carbonyl (C=O) groups is 1. The summed E-state index contributed by atoms with van der Waals surface area (Å²) in [4.78, 5) is 14.6. The lowest BCUT2D eigenvalue weighted by molar-refractivity contribution is -0.136. The molecule has 0 aromatic carbocycles. The molecule has 0 aromatic heterocycles. The van der Waals surface area contributed by atoms with Crippen LogP contribution in [0.3, 0.4) is 0 Å². The van der Waals surface area contributed by atoms with Gasteiger partial charge in [0.2, 0.25) is 5.91 Å². The largest absolute Gasteiger partial charge is 0.338 e. The molecule has 4 atom stereocenters. The van der Waals surface area contributed by atoms with E-state index in [-0.39, 0.29) is 11.8 Å². The van der Waals surface area contributed by atoms with Crippen molar-refractivity contribution >= 4 is 18.5 Å². The molecular formula is C16H30N2OS. The normalized spacial score (nSPS) is 25.5. The highest BCUT2D eigenvalue weighted by atomic mass is 32.1. The van der Waals surface area contributed by atoms with Gasteiger partial charge in [-0.2, -0.15) is 12.6 Å². The fourth-order valence-electron chi connectivity index (χ4n) is 2.99. The van der Waals surface area contributed by atoms with Crippen molar-refractivity contribution in [2.24, 2.45) is 11.8 Å². The Kier molecular flexibility index (Phi) is 7.67. The van der Waals surface area contributed by atoms with Crippen molar-refractivity contribution < 1.29 is 4.79 Å². The van der Waals surface area contributed by atoms with E-state index >= 15 is 0 Å². The number of allylic oxidation sites excluding steroid dienone is 1. The van der Waals surface area contributed by atoms with Gasteiger partial charge in [0.15, 0.2) is 0 Å². The minimum Gasteiger partial charge on any atom is -0.338 e. The first-order chi connectivity index (χ1) is 9.49. The van der Waals surface area contributed by atoms with E-state index in [0.29, 0.717) is 17.2 Å². The number of hydrogen-bond acceptors (Lipinski definition) is 3. The van der Waals surface area contributed by atoms with E-state index in [1.807, 2.05) is 20.0 Å². The van der Waals surface area contributed by atoms with E-state index < -0.39 is 0 Å². The Hall–Kier alpha value is -0.480. The quantitative estimate of drug-likeness (QED) is 0.533. The summed E-state index contributed by atoms with van der Waals surface area (Å²) in [5.41, 5.74) is 0. The molecule has 1 heterocycles. The second kappa shape index (κ2) is 8.73. The lowest BCUT2D eigenvalue weighted by Crippen LogP contribution is -2.40. The van der Waals surface area contributed by atoms with Crippen molar-refractivity contribution in [3.8, 4) is 0 Å². The summed E-state index contributed by atoms with van der Waals surface area (Å²) in [5.74, 6) is 0.949. The molecule has 0 aromatic rings. The van der Waals surface area contributed by atoms with Crippen LogP contribution < -0.4 is 5.32 Å². The third kappa shape index (κ3) is 5.13. The minimum atomic E-state index is 0.0428. The van der Waals surface area contributed by atoms with Crippen LogP contribution in [0.1, 0.15) is 39.5 Å². The second-order valence-corrected chi connectivity index (χ2v) is 6.92. The number of rotatable bonds is 8. The molecule has 0 saturated carbocycles. The Morgan fingerprint density at radius 2 is 2.25 bits per heavy atom. The first-order valence-electron chi connectivity index (χ1n) is 7.73. The first kappa shape index (κ1) is 17.6. The predicted molar refractivity (Wildman–Crippen MR) is 89.2 cm³/mol. The summed E-state index contributed by atoms with van der Waals surface area (Å²) in [5, 5.41) is 3.52. The molecule has 3 unspecified atom stereocenters. The highest BCUT2D eigenvalue weighted by Gasteiger charge is 2.35. The summed E-state index contributed by atoms with van der Waals surface area (Å²) < 4.78 is 0. The van der Waals surface area contributed by atoms with Crippen LogP contribution >= 0.6 is 12.6 Å². The van der Waals surface area contributed by atoms with Crippen molar-refractivity contribution in [1.29, 1.82) is 0 Å². The zero-order chi connectivity index (χ0) is 15.1. The SMILES string of the molecule is C=CCC(C)C(=O)N1CC(S)C[C@H]1CC(C)CCNC. The number of carbonyl (C=O) groups excluding carboxylic acids is 1. The Balaban J connectivity index is 2.58. The zero-order valence-corrected chi connectivity index (χ0v) is 14.0. The Labute approximate surface area is 129 Å². The van der Waals surface area contributed by atoms with Crippen LogP contribution in [-0.4, -0.2) is 42.2 Å². The molecule has 1 rings (SSSR count). The van der Waals surface area contributed by atoms with Crippen LogP contribution in [0.5, 0.6) is 0 Å². The summed E-state index contributed by atoms with van der Waals surface area (Å²) in [7, 11) is 1.98. The van der Waals surface area contributed by atoms with Crippen LogP contribution in [-0.2, 0) is 4.79 Å². The smallest absolute Gasteiger partial charge is 0.225 e. The molecular weight excluding hydrogens is 268 g/mol. The fraction of sp³-hybridized carbons (Fsp3) is 0.812. The van der Waals surface area contributed by atoms with Crippen molar-refractivity contribution in [3.05, 3.63) is 12.7 Å². The number of amides is 1. The summed E-state index contributed by atoms with van der Waals surface area (Å²) >= 11 is 4.59. The first-order valence-corrected chi connectivity index (χ1v) is 8.25. The van der Waals surface area contributed by atoms with Gasteiger partial charge in [-0.25, -0.2) is 0 Å². The third-order valence-corrected chi connectivity index (χ3v) is 4.55. The predicted octanol–water partition coefficient (Wildman–Crippen LogP) is 2.73. The van der Waals surface area contributed by atoms with Gasteiger partial charge < -0.3 is 10.2 Å². The molecule has 1 amide bonds. The van der Waals surface area contributed by atoms with Crippen LogP contribution in [0.4, 0.5) is 0 Å². The molecule has 1 aliphatic rings. The lowest BCUT2D eigenvalue weighted by atomic mass is 9.96. The molecule has 1 aliphatic heterocycles. The van der Waals surface area contributed by atoms with Crippen LogP contribution in [0.15, 0.2) is 12.7 Å². The molecule has 0 radical (unpaired) electrons. The molecule has 1 saturated heterocycles. The van der Waals surface area contributed by atoms with Crippen LogP contribution in [0, 0.1) is 11.8 Å². The van der Waals surface area contributed by atoms with Gasteiger partial charge in [0.05, 0.1) is 0 Å². The molecule has 0 bridgehead atoms. The van der Waals surface area contributed by atoms with E-state index in [2.05, 4.69) is 36.3 Å². The van der Waals surface area contributed by atoms with Gasteiger partial charge in [0, 0.05) is 23.8 Å². The van der Waals surface area contributed by atoms with E-state index in [9.17, 15) is 4.79 Å². The summed E-state index contributed by atoms with van der Waals surface area (Å²) in [6.45, 7) is 9.85. The van der Waals surface area contributed by atoms with E-state index in [0.717, 1.165) is 38.8 Å². The standard InChI is InChI=1S/C16H30N2OS/c1-5-6-13(3)16(19)18-11-15(20)10-14(18)9-12(2)7-8-17-4/h5,12-15,17,20H,1,6-11H2,2-4H3/t12?,13?,14-,15?/m1/s1. The Bertz CT molecular complexity index is 322. The van der Waals surface area contributed by atoms with Crippen LogP contribution in [0.25, 0.3) is 0 Å². The molecule has 3 nitrogen and oxygen atoms in total. The number of likely N-dealkylation sites (tertiary alicyclic amines) is 1. The average Bonchev–Trinajstić information content (AvgIpc) is 2.76. The van der Waals surface area contributed by atoms with Crippen LogP contribution in [0.2, 0.25) is 0 Å². The maximum Gasteiger partial charge on any atom is 0.225 e. The maximum atomic E-state index is 12.5. The molecule has 1 fully saturated rings. The average molecular weight is 298 g/mol. The van der Waals surface area contributed by atoms with E-state index in [1.165, 1.54) is 0 Å². The Morgan fingerprint density at radius 1 is 1.55 bits per heavy atom. The molecule has 1 N–H and O–H groups in total. The van der Waals surface area contributed by atoms with Gasteiger partial charge >= 0.3 is 0 Å². The number of nitrogens with zero attached hydrogens (tertiary/aromatic N) is 1. The highest BCUT2D eigenvalue weighted by molar-refractivity contribution is 7.81. The van der Waals surface area contributed by atoms with Gasteiger partial charge in [0.25, 0.3) is 0 Å². The van der Waals surface area contributed by atoms with Crippen molar-refractivity contribution in [3.63, 3.8) is 0 Å². The highest BCUT2D eigenvalue weighted by Crippen LogP contribution is 2.29. The Morgan fingerprint density at radius 3 is 2.85 bits per heavy atom. The lowest BCUT2D eigenvalue weighted by Gasteiger charge is -2.29. The van der Waals surface area contributed by atoms with Gasteiger partial charge in [-0.15, -0.1) is 6.58 Å². The summed E-state index contributed by atoms with van der Waals surface area (Å²) in [6, 6.07) is 0.365. The number of hydrogen-bond donors (Lipinski definition) is 2. The minimum absolute atomic E-state index is 0.0428. The van der Waals surface area contributed by atoms with Crippen molar-refractivity contribution in [1.82, 2.24) is 10.2 Å². The van der Waals surface area contributed by atoms with E-state index in [4.69, 9.17) is 0 Å². The molecule has 116 valence electrons. The van der Waals surface area contributed by atoms with Gasteiger partial charge in [0.1, 0.15) is 0 Å². The topological polar surface area (TPSA) is 32.3 Å². The molecule has 0 aliphatic carbocycles. The number of thiol groups is 1. The van der Waals surface area contributed by atoms with Gasteiger partial charge in [-0.1, -0.05) is 19.9 Å². The molecule has 20 heavy (non-hydrogen) atoms. The van der Waals surface area contributed by atoms with E-state index in [1.54, 1.807) is 0 Å². The third-order valence-electron chi connectivity index (χ3n) is 4.18. The van der Waals surface area contributed by atoms with Crippen molar-refractivity contribution in [2.75, 3.05) is 20.1 Å². The number of nitrogens with one attached hydrogen (secondary N) is 1. The fourth-order valence-corrected chi connectivity index (χ4v) is 3.41. The summed E-state index contributed by atoms with van der Waals surface area (Å²) in [6.07, 6.45) is 5.87. The second-order valence-electron chi connectivity index (χ2n) is 6.19. The van der Waals surface area contributed by atoms with Gasteiger partial charge in [-0.05, 0) is 45.2 Å². The monoisotopic (exact) mass is 298 g/mol. The van der Waals surface area contributed by atoms with Gasteiger partial charge in [-0.3, -0.25) is 4.79 Å². The van der Waals surface area contributed by atoms with Crippen molar-refractivity contribution in [2.45, 2.75) is 50.8 Å².